The summed E-state index contributed by atoms with van der Waals surface area (Å²) in [6.45, 7) is 5.49. The molecule has 0 spiro atoms. The van der Waals surface area contributed by atoms with E-state index in [4.69, 9.17) is 20.8 Å². The number of ketones is 1. The molecule has 2 aromatic carbocycles. The monoisotopic (exact) mass is 451 g/mol. The highest BCUT2D eigenvalue weighted by Crippen LogP contribution is 2.43. The number of aryl methyl sites for hydroxylation is 3. The minimum absolute atomic E-state index is 0.0469. The van der Waals surface area contributed by atoms with Gasteiger partial charge in [0.05, 0.1) is 18.9 Å². The zero-order valence-corrected chi connectivity index (χ0v) is 18.9. The van der Waals surface area contributed by atoms with E-state index in [-0.39, 0.29) is 11.3 Å². The third-order valence-corrected chi connectivity index (χ3v) is 6.09. The number of Topliss-reactive ketones (excluding diaryl/α,β-unsaturated/α-hetero) is 1. The van der Waals surface area contributed by atoms with Crippen LogP contribution in [0.3, 0.4) is 0 Å². The lowest BCUT2D eigenvalue weighted by Crippen LogP contribution is -2.29. The molecule has 6 nitrogen and oxygen atoms in total. The van der Waals surface area contributed by atoms with Crippen molar-refractivity contribution in [1.29, 1.82) is 0 Å². The summed E-state index contributed by atoms with van der Waals surface area (Å²) in [5.74, 6) is -0.820. The largest absolute Gasteiger partial charge is 0.507 e. The SMILES string of the molecule is COc1cc(C)c(/C(O)=C2/C(=O)C(=O)N(c3ccc(C)c(Cl)c3)C2c2ccco2)cc1C. The highest BCUT2D eigenvalue weighted by molar-refractivity contribution is 6.51. The Hall–Kier alpha value is -3.51. The molecule has 1 aliphatic rings. The van der Waals surface area contributed by atoms with Crippen LogP contribution in [0.25, 0.3) is 5.76 Å². The summed E-state index contributed by atoms with van der Waals surface area (Å²) in [5.41, 5.74) is 3.16. The summed E-state index contributed by atoms with van der Waals surface area (Å²) < 4.78 is 10.9. The minimum atomic E-state index is -0.939. The van der Waals surface area contributed by atoms with Gasteiger partial charge in [0.2, 0.25) is 0 Å². The van der Waals surface area contributed by atoms with Gasteiger partial charge in [-0.1, -0.05) is 17.7 Å². The number of carbonyl (C=O) groups is 2. The zero-order chi connectivity index (χ0) is 23.2. The minimum Gasteiger partial charge on any atom is -0.507 e. The first-order chi connectivity index (χ1) is 15.2. The van der Waals surface area contributed by atoms with Crippen LogP contribution in [0.2, 0.25) is 5.02 Å². The van der Waals surface area contributed by atoms with Crippen LogP contribution in [0.5, 0.6) is 5.75 Å². The number of aliphatic hydroxyl groups is 1. The maximum atomic E-state index is 13.2. The molecule has 2 heterocycles. The normalized spacial score (nSPS) is 17.8. The molecule has 164 valence electrons. The number of carbonyl (C=O) groups excluding carboxylic acids is 2. The fourth-order valence-electron chi connectivity index (χ4n) is 3.96. The second kappa shape index (κ2) is 8.20. The molecule has 32 heavy (non-hydrogen) atoms. The average molecular weight is 452 g/mol. The van der Waals surface area contributed by atoms with E-state index in [1.165, 1.54) is 11.2 Å². The predicted molar refractivity (Wildman–Crippen MR) is 122 cm³/mol. The molecule has 1 aliphatic heterocycles. The van der Waals surface area contributed by atoms with Crippen molar-refractivity contribution in [3.05, 3.63) is 87.3 Å². The topological polar surface area (TPSA) is 80.0 Å². The van der Waals surface area contributed by atoms with E-state index < -0.39 is 17.7 Å². The molecule has 1 fully saturated rings. The number of halogens is 1. The summed E-state index contributed by atoms with van der Waals surface area (Å²) in [7, 11) is 1.57. The van der Waals surface area contributed by atoms with Crippen molar-refractivity contribution in [3.63, 3.8) is 0 Å². The first kappa shape index (κ1) is 21.7. The molecule has 1 aromatic heterocycles. The first-order valence-electron chi connectivity index (χ1n) is 10.0. The van der Waals surface area contributed by atoms with E-state index in [0.29, 0.717) is 33.3 Å². The number of hydrogen-bond acceptors (Lipinski definition) is 5. The summed E-state index contributed by atoms with van der Waals surface area (Å²) in [5, 5.41) is 11.7. The van der Waals surface area contributed by atoms with Crippen molar-refractivity contribution < 1.29 is 23.8 Å². The Bertz CT molecular complexity index is 1260. The number of benzene rings is 2. The van der Waals surface area contributed by atoms with Gasteiger partial charge in [-0.2, -0.15) is 0 Å². The molecule has 0 aliphatic carbocycles. The quantitative estimate of drug-likeness (QED) is 0.322. The van der Waals surface area contributed by atoms with E-state index in [9.17, 15) is 14.7 Å². The van der Waals surface area contributed by atoms with Gasteiger partial charge >= 0.3 is 0 Å². The predicted octanol–water partition coefficient (Wildman–Crippen LogP) is 5.49. The van der Waals surface area contributed by atoms with Gasteiger partial charge in [-0.25, -0.2) is 0 Å². The van der Waals surface area contributed by atoms with Crippen LogP contribution in [-0.4, -0.2) is 23.9 Å². The van der Waals surface area contributed by atoms with Crippen LogP contribution in [0, 0.1) is 20.8 Å². The Labute approximate surface area is 190 Å². The van der Waals surface area contributed by atoms with Crippen LogP contribution in [0.4, 0.5) is 5.69 Å². The highest BCUT2D eigenvalue weighted by Gasteiger charge is 2.48. The van der Waals surface area contributed by atoms with E-state index >= 15 is 0 Å². The van der Waals surface area contributed by atoms with Crippen LogP contribution >= 0.6 is 11.6 Å². The van der Waals surface area contributed by atoms with Gasteiger partial charge in [-0.05, 0) is 73.9 Å². The number of methoxy groups -OCH3 is 1. The van der Waals surface area contributed by atoms with Crippen LogP contribution in [-0.2, 0) is 9.59 Å². The first-order valence-corrected chi connectivity index (χ1v) is 10.4. The number of anilines is 1. The van der Waals surface area contributed by atoms with Gasteiger partial charge in [0.15, 0.2) is 0 Å². The van der Waals surface area contributed by atoms with Crippen LogP contribution in [0.15, 0.2) is 58.7 Å². The lowest BCUT2D eigenvalue weighted by Gasteiger charge is -2.24. The van der Waals surface area contributed by atoms with Crippen molar-refractivity contribution in [2.75, 3.05) is 12.0 Å². The maximum absolute atomic E-state index is 13.2. The van der Waals surface area contributed by atoms with Crippen molar-refractivity contribution in [2.45, 2.75) is 26.8 Å². The third kappa shape index (κ3) is 3.46. The number of furan rings is 1. The fourth-order valence-corrected chi connectivity index (χ4v) is 4.13. The highest BCUT2D eigenvalue weighted by atomic mass is 35.5. The van der Waals surface area contributed by atoms with Gasteiger partial charge in [0.25, 0.3) is 11.7 Å². The number of aliphatic hydroxyl groups excluding tert-OH is 1. The van der Waals surface area contributed by atoms with Crippen molar-refractivity contribution in [1.82, 2.24) is 0 Å². The molecule has 0 bridgehead atoms. The Balaban J connectivity index is 1.95. The van der Waals surface area contributed by atoms with Crippen molar-refractivity contribution >= 4 is 34.7 Å². The second-order valence-electron chi connectivity index (χ2n) is 7.75. The molecular formula is C25H22ClNO5. The number of ether oxygens (including phenoxy) is 1. The Morgan fingerprint density at radius 2 is 1.81 bits per heavy atom. The number of rotatable bonds is 4. The molecule has 1 unspecified atom stereocenters. The van der Waals surface area contributed by atoms with E-state index in [1.807, 2.05) is 13.8 Å². The Kier molecular flexibility index (Phi) is 5.57. The van der Waals surface area contributed by atoms with Gasteiger partial charge in [0.1, 0.15) is 23.3 Å². The van der Waals surface area contributed by atoms with Gasteiger partial charge in [-0.3, -0.25) is 14.5 Å². The molecule has 1 N–H and O–H groups in total. The van der Waals surface area contributed by atoms with Crippen molar-refractivity contribution in [3.8, 4) is 5.75 Å². The van der Waals surface area contributed by atoms with Crippen LogP contribution < -0.4 is 9.64 Å². The van der Waals surface area contributed by atoms with Crippen LogP contribution in [0.1, 0.15) is 34.1 Å². The second-order valence-corrected chi connectivity index (χ2v) is 8.16. The standard InChI is InChI=1S/C25H22ClNO5/c1-13-7-8-16(12-18(13)26)27-22(19-6-5-9-32-19)21(24(29)25(27)30)23(28)17-10-15(3)20(31-4)11-14(17)2/h5-12,22,28H,1-4H3/b23-21-. The summed E-state index contributed by atoms with van der Waals surface area (Å²) in [6.07, 6.45) is 1.46. The maximum Gasteiger partial charge on any atom is 0.300 e. The molecule has 0 saturated carbocycles. The lowest BCUT2D eigenvalue weighted by atomic mass is 9.95. The van der Waals surface area contributed by atoms with Gasteiger partial charge < -0.3 is 14.3 Å². The number of hydrogen-bond donors (Lipinski definition) is 1. The Morgan fingerprint density at radius 3 is 2.44 bits per heavy atom. The molecule has 0 radical (unpaired) electrons. The molecule has 1 amide bonds. The molecular weight excluding hydrogens is 430 g/mol. The molecule has 1 atom stereocenters. The smallest absolute Gasteiger partial charge is 0.300 e. The van der Waals surface area contributed by atoms with E-state index in [1.54, 1.807) is 56.5 Å². The van der Waals surface area contributed by atoms with Gasteiger partial charge in [-0.15, -0.1) is 0 Å². The summed E-state index contributed by atoms with van der Waals surface area (Å²) in [6, 6.07) is 11.0. The van der Waals surface area contributed by atoms with Crippen molar-refractivity contribution in [2.24, 2.45) is 0 Å². The lowest BCUT2D eigenvalue weighted by molar-refractivity contribution is -0.132. The van der Waals surface area contributed by atoms with Gasteiger partial charge in [0, 0.05) is 16.3 Å². The molecule has 1 saturated heterocycles. The van der Waals surface area contributed by atoms with E-state index in [2.05, 4.69) is 0 Å². The number of amides is 1. The summed E-state index contributed by atoms with van der Waals surface area (Å²) >= 11 is 6.29. The zero-order valence-electron chi connectivity index (χ0n) is 18.1. The molecule has 7 heteroatoms. The molecule has 4 rings (SSSR count). The summed E-state index contributed by atoms with van der Waals surface area (Å²) in [4.78, 5) is 27.6. The fraction of sp³-hybridized carbons (Fsp3) is 0.200. The third-order valence-electron chi connectivity index (χ3n) is 5.69. The average Bonchev–Trinajstić information content (AvgIpc) is 3.38. The number of nitrogens with zero attached hydrogens (tertiary/aromatic N) is 1. The van der Waals surface area contributed by atoms with E-state index in [0.717, 1.165) is 11.1 Å². The Morgan fingerprint density at radius 1 is 1.06 bits per heavy atom. The molecule has 3 aromatic rings.